The van der Waals surface area contributed by atoms with Crippen molar-refractivity contribution in [3.05, 3.63) is 51.9 Å². The standard InChI is InChI=1S/C16H17IN2O3S/c17-12-3-1-4-14(11-12)19-8-2-5-15(19)16(20)18-13-6-9-23(21,22)10-7-13/h1-5,8,11,13H,6-7,9-10H2,(H,18,20). The summed E-state index contributed by atoms with van der Waals surface area (Å²) in [7, 11) is -2.92. The van der Waals surface area contributed by atoms with Crippen LogP contribution < -0.4 is 5.32 Å². The van der Waals surface area contributed by atoms with Crippen molar-refractivity contribution in [1.82, 2.24) is 9.88 Å². The van der Waals surface area contributed by atoms with E-state index in [4.69, 9.17) is 0 Å². The van der Waals surface area contributed by atoms with Gasteiger partial charge in [0.15, 0.2) is 0 Å². The second-order valence-corrected chi connectivity index (χ2v) is 9.19. The van der Waals surface area contributed by atoms with Gasteiger partial charge in [0.1, 0.15) is 15.5 Å². The van der Waals surface area contributed by atoms with Crippen LogP contribution in [0.2, 0.25) is 0 Å². The summed E-state index contributed by atoms with van der Waals surface area (Å²) in [5, 5.41) is 2.96. The molecule has 0 spiro atoms. The molecule has 0 unspecified atom stereocenters. The number of hydrogen-bond donors (Lipinski definition) is 1. The van der Waals surface area contributed by atoms with Crippen LogP contribution in [-0.4, -0.2) is 36.4 Å². The van der Waals surface area contributed by atoms with Gasteiger partial charge in [-0.1, -0.05) is 6.07 Å². The molecule has 1 aromatic heterocycles. The second kappa shape index (κ2) is 6.64. The van der Waals surface area contributed by atoms with E-state index in [-0.39, 0.29) is 23.5 Å². The second-order valence-electron chi connectivity index (χ2n) is 5.64. The first-order chi connectivity index (χ1) is 10.9. The number of sulfone groups is 1. The first-order valence-corrected chi connectivity index (χ1v) is 10.3. The first-order valence-electron chi connectivity index (χ1n) is 7.39. The molecule has 1 aliphatic heterocycles. The molecule has 1 amide bonds. The number of hydrogen-bond acceptors (Lipinski definition) is 3. The van der Waals surface area contributed by atoms with Crippen LogP contribution in [0.3, 0.4) is 0 Å². The summed E-state index contributed by atoms with van der Waals surface area (Å²) >= 11 is 2.24. The molecule has 1 aromatic carbocycles. The van der Waals surface area contributed by atoms with Gasteiger partial charge in [-0.15, -0.1) is 0 Å². The average molecular weight is 444 g/mol. The van der Waals surface area contributed by atoms with Crippen molar-refractivity contribution >= 4 is 38.3 Å². The molecule has 0 radical (unpaired) electrons. The third kappa shape index (κ3) is 3.95. The largest absolute Gasteiger partial charge is 0.348 e. The van der Waals surface area contributed by atoms with E-state index < -0.39 is 9.84 Å². The minimum absolute atomic E-state index is 0.0784. The van der Waals surface area contributed by atoms with Gasteiger partial charge < -0.3 is 9.88 Å². The summed E-state index contributed by atoms with van der Waals surface area (Å²) in [6, 6.07) is 11.4. The van der Waals surface area contributed by atoms with E-state index in [1.165, 1.54) is 0 Å². The van der Waals surface area contributed by atoms with Gasteiger partial charge in [-0.25, -0.2) is 8.42 Å². The molecule has 0 bridgehead atoms. The predicted molar refractivity (Wildman–Crippen MR) is 97.6 cm³/mol. The van der Waals surface area contributed by atoms with Crippen molar-refractivity contribution in [2.45, 2.75) is 18.9 Å². The fraction of sp³-hybridized carbons (Fsp3) is 0.312. The third-order valence-electron chi connectivity index (χ3n) is 3.96. The summed E-state index contributed by atoms with van der Waals surface area (Å²) in [6.45, 7) is 0. The molecule has 0 saturated carbocycles. The lowest BCUT2D eigenvalue weighted by molar-refractivity contribution is 0.0927. The Hall–Kier alpha value is -1.35. The summed E-state index contributed by atoms with van der Waals surface area (Å²) in [5.74, 6) is 0.129. The third-order valence-corrected chi connectivity index (χ3v) is 6.34. The SMILES string of the molecule is O=C(NC1CCS(=O)(=O)CC1)c1cccn1-c1cccc(I)c1. The molecule has 1 saturated heterocycles. The van der Waals surface area contributed by atoms with Crippen molar-refractivity contribution in [1.29, 1.82) is 0 Å². The summed E-state index contributed by atoms with van der Waals surface area (Å²) in [5.41, 5.74) is 1.48. The van der Waals surface area contributed by atoms with Crippen LogP contribution in [0.1, 0.15) is 23.3 Å². The minimum atomic E-state index is -2.92. The van der Waals surface area contributed by atoms with E-state index in [1.807, 2.05) is 41.1 Å². The molecule has 23 heavy (non-hydrogen) atoms. The van der Waals surface area contributed by atoms with Crippen molar-refractivity contribution in [3.63, 3.8) is 0 Å². The monoisotopic (exact) mass is 444 g/mol. The van der Waals surface area contributed by atoms with Gasteiger partial charge >= 0.3 is 0 Å². The molecule has 1 aliphatic rings. The van der Waals surface area contributed by atoms with Crippen LogP contribution >= 0.6 is 22.6 Å². The van der Waals surface area contributed by atoms with Crippen LogP contribution in [-0.2, 0) is 9.84 Å². The highest BCUT2D eigenvalue weighted by molar-refractivity contribution is 14.1. The number of nitrogens with one attached hydrogen (secondary N) is 1. The maximum absolute atomic E-state index is 12.5. The predicted octanol–water partition coefficient (Wildman–Crippen LogP) is 2.39. The van der Waals surface area contributed by atoms with Crippen molar-refractivity contribution < 1.29 is 13.2 Å². The van der Waals surface area contributed by atoms with Crippen LogP contribution in [0, 0.1) is 3.57 Å². The molecule has 7 heteroatoms. The van der Waals surface area contributed by atoms with Crippen LogP contribution in [0.4, 0.5) is 0 Å². The molecule has 2 heterocycles. The number of halogens is 1. The van der Waals surface area contributed by atoms with Gasteiger partial charge in [0.05, 0.1) is 11.5 Å². The Morgan fingerprint density at radius 2 is 1.91 bits per heavy atom. The molecule has 2 aromatic rings. The molecular formula is C16H17IN2O3S. The Kier molecular flexibility index (Phi) is 4.77. The number of benzene rings is 1. The van der Waals surface area contributed by atoms with Gasteiger partial charge in [0.2, 0.25) is 0 Å². The van der Waals surface area contributed by atoms with Gasteiger partial charge in [-0.2, -0.15) is 0 Å². The molecule has 5 nitrogen and oxygen atoms in total. The Morgan fingerprint density at radius 3 is 2.61 bits per heavy atom. The smallest absolute Gasteiger partial charge is 0.268 e. The minimum Gasteiger partial charge on any atom is -0.348 e. The molecule has 3 rings (SSSR count). The normalized spacial score (nSPS) is 17.8. The lowest BCUT2D eigenvalue weighted by Crippen LogP contribution is -2.41. The van der Waals surface area contributed by atoms with Crippen molar-refractivity contribution in [2.75, 3.05) is 11.5 Å². The topological polar surface area (TPSA) is 68.2 Å². The van der Waals surface area contributed by atoms with Crippen LogP contribution in [0.25, 0.3) is 5.69 Å². The number of carbonyl (C=O) groups excluding carboxylic acids is 1. The maximum Gasteiger partial charge on any atom is 0.268 e. The highest BCUT2D eigenvalue weighted by atomic mass is 127. The number of nitrogens with zero attached hydrogens (tertiary/aromatic N) is 1. The fourth-order valence-corrected chi connectivity index (χ4v) is 4.73. The number of carbonyl (C=O) groups is 1. The van der Waals surface area contributed by atoms with Gasteiger partial charge in [0, 0.05) is 21.5 Å². The lowest BCUT2D eigenvalue weighted by Gasteiger charge is -2.23. The zero-order chi connectivity index (χ0) is 16.4. The van der Waals surface area contributed by atoms with E-state index in [0.717, 1.165) is 9.26 Å². The Bertz CT molecular complexity index is 815. The van der Waals surface area contributed by atoms with E-state index in [2.05, 4.69) is 27.9 Å². The Balaban J connectivity index is 1.75. The van der Waals surface area contributed by atoms with Gasteiger partial charge in [0.25, 0.3) is 5.91 Å². The summed E-state index contributed by atoms with van der Waals surface area (Å²) in [6.07, 6.45) is 2.82. The zero-order valence-electron chi connectivity index (χ0n) is 12.4. The Labute approximate surface area is 149 Å². The average Bonchev–Trinajstić information content (AvgIpc) is 2.99. The molecule has 0 aliphatic carbocycles. The summed E-state index contributed by atoms with van der Waals surface area (Å²) in [4.78, 5) is 12.5. The fourth-order valence-electron chi connectivity index (χ4n) is 2.71. The van der Waals surface area contributed by atoms with E-state index >= 15 is 0 Å². The van der Waals surface area contributed by atoms with Crippen molar-refractivity contribution in [2.24, 2.45) is 0 Å². The van der Waals surface area contributed by atoms with Gasteiger partial charge in [-0.05, 0) is 65.8 Å². The first kappa shape index (κ1) is 16.5. The van der Waals surface area contributed by atoms with E-state index in [0.29, 0.717) is 18.5 Å². The summed E-state index contributed by atoms with van der Waals surface area (Å²) < 4.78 is 25.9. The van der Waals surface area contributed by atoms with E-state index in [1.54, 1.807) is 6.07 Å². The molecule has 122 valence electrons. The molecule has 1 N–H and O–H groups in total. The number of aromatic nitrogens is 1. The van der Waals surface area contributed by atoms with E-state index in [9.17, 15) is 13.2 Å². The van der Waals surface area contributed by atoms with Crippen molar-refractivity contribution in [3.8, 4) is 5.69 Å². The lowest BCUT2D eigenvalue weighted by atomic mass is 10.1. The molecule has 1 fully saturated rings. The van der Waals surface area contributed by atoms with Crippen LogP contribution in [0.5, 0.6) is 0 Å². The van der Waals surface area contributed by atoms with Gasteiger partial charge in [-0.3, -0.25) is 4.79 Å². The Morgan fingerprint density at radius 1 is 1.17 bits per heavy atom. The quantitative estimate of drug-likeness (QED) is 0.740. The molecule has 0 atom stereocenters. The molecular weight excluding hydrogens is 427 g/mol. The zero-order valence-corrected chi connectivity index (χ0v) is 15.4. The maximum atomic E-state index is 12.5. The van der Waals surface area contributed by atoms with Crippen LogP contribution in [0.15, 0.2) is 42.6 Å². The highest BCUT2D eigenvalue weighted by Gasteiger charge is 2.25. The number of rotatable bonds is 3. The highest BCUT2D eigenvalue weighted by Crippen LogP contribution is 2.17. The number of amides is 1.